The highest BCUT2D eigenvalue weighted by atomic mass is 32.2. The molecule has 5 nitrogen and oxygen atoms in total. The van der Waals surface area contributed by atoms with Gasteiger partial charge in [-0.3, -0.25) is 9.36 Å². The van der Waals surface area contributed by atoms with Crippen LogP contribution in [0.5, 0.6) is 0 Å². The van der Waals surface area contributed by atoms with Gasteiger partial charge in [0.05, 0.1) is 5.75 Å². The summed E-state index contributed by atoms with van der Waals surface area (Å²) in [6, 6.07) is 11.9. The second-order valence-corrected chi connectivity index (χ2v) is 7.80. The van der Waals surface area contributed by atoms with Crippen molar-refractivity contribution in [1.29, 1.82) is 0 Å². The molecular weight excluding hydrogens is 394 g/mol. The van der Waals surface area contributed by atoms with Crippen molar-refractivity contribution in [1.82, 2.24) is 19.7 Å². The van der Waals surface area contributed by atoms with Crippen LogP contribution >= 0.6 is 11.8 Å². The van der Waals surface area contributed by atoms with Crippen LogP contribution in [-0.4, -0.2) is 44.4 Å². The maximum Gasteiger partial charge on any atom is 0.233 e. The number of carbonyl (C=O) groups excluding carboxylic acids is 1. The number of likely N-dealkylation sites (tertiary alicyclic amines) is 1. The van der Waals surface area contributed by atoms with Gasteiger partial charge >= 0.3 is 0 Å². The van der Waals surface area contributed by atoms with Crippen molar-refractivity contribution in [3.05, 3.63) is 60.2 Å². The number of hydrogen-bond donors (Lipinski definition) is 0. The standard InChI is InChI=1S/C21H20F2N4OS/c22-16-6-4-15(5-7-16)20-24-25-21(27(20)18-10-8-17(23)9-11-18)29-14-19(28)26-12-2-1-3-13-26/h4-11H,1-3,12-14H2. The van der Waals surface area contributed by atoms with Crippen LogP contribution in [0.15, 0.2) is 53.7 Å². The van der Waals surface area contributed by atoms with E-state index in [2.05, 4.69) is 10.2 Å². The fourth-order valence-electron chi connectivity index (χ4n) is 3.33. The van der Waals surface area contributed by atoms with Gasteiger partial charge in [-0.05, 0) is 67.8 Å². The SMILES string of the molecule is O=C(CSc1nnc(-c2ccc(F)cc2)n1-c1ccc(F)cc1)N1CCCCC1. The number of hydrogen-bond acceptors (Lipinski definition) is 4. The predicted octanol–water partition coefficient (Wildman–Crippen LogP) is 4.32. The zero-order valence-corrected chi connectivity index (χ0v) is 16.5. The lowest BCUT2D eigenvalue weighted by Crippen LogP contribution is -2.36. The number of carbonyl (C=O) groups is 1. The molecule has 0 radical (unpaired) electrons. The normalized spacial score (nSPS) is 14.2. The molecule has 0 aliphatic carbocycles. The van der Waals surface area contributed by atoms with E-state index in [1.165, 1.54) is 36.0 Å². The molecule has 1 aliphatic heterocycles. The lowest BCUT2D eigenvalue weighted by atomic mass is 10.1. The molecule has 0 unspecified atom stereocenters. The first kappa shape index (κ1) is 19.6. The van der Waals surface area contributed by atoms with E-state index in [1.807, 2.05) is 4.90 Å². The van der Waals surface area contributed by atoms with Crippen molar-refractivity contribution in [3.8, 4) is 17.1 Å². The van der Waals surface area contributed by atoms with Crippen LogP contribution in [0.1, 0.15) is 19.3 Å². The summed E-state index contributed by atoms with van der Waals surface area (Å²) in [5.74, 6) is 0.141. The molecule has 0 atom stereocenters. The summed E-state index contributed by atoms with van der Waals surface area (Å²) in [6.07, 6.45) is 3.24. The highest BCUT2D eigenvalue weighted by molar-refractivity contribution is 7.99. The van der Waals surface area contributed by atoms with Crippen LogP contribution in [0, 0.1) is 11.6 Å². The predicted molar refractivity (Wildman–Crippen MR) is 108 cm³/mol. The van der Waals surface area contributed by atoms with Crippen molar-refractivity contribution >= 4 is 17.7 Å². The Kier molecular flexibility index (Phi) is 5.89. The summed E-state index contributed by atoms with van der Waals surface area (Å²) in [5.41, 5.74) is 1.35. The highest BCUT2D eigenvalue weighted by Gasteiger charge is 2.20. The van der Waals surface area contributed by atoms with E-state index in [1.54, 1.807) is 28.8 Å². The number of amides is 1. The number of rotatable bonds is 5. The van der Waals surface area contributed by atoms with Gasteiger partial charge in [-0.15, -0.1) is 10.2 Å². The van der Waals surface area contributed by atoms with Crippen LogP contribution in [-0.2, 0) is 4.79 Å². The lowest BCUT2D eigenvalue weighted by Gasteiger charge is -2.26. The summed E-state index contributed by atoms with van der Waals surface area (Å²) in [5, 5.41) is 9.03. The first-order valence-corrected chi connectivity index (χ1v) is 10.5. The van der Waals surface area contributed by atoms with E-state index in [0.717, 1.165) is 32.4 Å². The number of halogens is 2. The molecule has 3 aromatic rings. The molecule has 2 aromatic carbocycles. The van der Waals surface area contributed by atoms with E-state index < -0.39 is 0 Å². The molecule has 1 aliphatic rings. The van der Waals surface area contributed by atoms with Crippen molar-refractivity contribution in [2.24, 2.45) is 0 Å². The van der Waals surface area contributed by atoms with E-state index >= 15 is 0 Å². The van der Waals surface area contributed by atoms with Crippen LogP contribution < -0.4 is 0 Å². The minimum Gasteiger partial charge on any atom is -0.342 e. The Hall–Kier alpha value is -2.74. The fraction of sp³-hybridized carbons (Fsp3) is 0.286. The smallest absolute Gasteiger partial charge is 0.233 e. The Morgan fingerprint density at radius 3 is 2.17 bits per heavy atom. The third kappa shape index (κ3) is 4.48. The van der Waals surface area contributed by atoms with Crippen molar-refractivity contribution in [2.45, 2.75) is 24.4 Å². The Balaban J connectivity index is 1.63. The molecule has 29 heavy (non-hydrogen) atoms. The van der Waals surface area contributed by atoms with Gasteiger partial charge in [0.1, 0.15) is 11.6 Å². The first-order chi connectivity index (χ1) is 14.1. The zero-order chi connectivity index (χ0) is 20.2. The zero-order valence-electron chi connectivity index (χ0n) is 15.7. The van der Waals surface area contributed by atoms with Crippen LogP contribution in [0.2, 0.25) is 0 Å². The topological polar surface area (TPSA) is 51.0 Å². The van der Waals surface area contributed by atoms with Gasteiger partial charge in [0, 0.05) is 24.3 Å². The molecule has 4 rings (SSSR count). The van der Waals surface area contributed by atoms with Crippen LogP contribution in [0.4, 0.5) is 8.78 Å². The number of piperidine rings is 1. The van der Waals surface area contributed by atoms with E-state index in [9.17, 15) is 13.6 Å². The molecule has 8 heteroatoms. The average molecular weight is 414 g/mol. The van der Waals surface area contributed by atoms with Crippen LogP contribution in [0.3, 0.4) is 0 Å². The van der Waals surface area contributed by atoms with Gasteiger partial charge in [0.2, 0.25) is 5.91 Å². The van der Waals surface area contributed by atoms with Crippen molar-refractivity contribution < 1.29 is 13.6 Å². The van der Waals surface area contributed by atoms with Gasteiger partial charge in [-0.1, -0.05) is 11.8 Å². The van der Waals surface area contributed by atoms with Gasteiger partial charge in [0.25, 0.3) is 0 Å². The molecule has 1 amide bonds. The van der Waals surface area contributed by atoms with Gasteiger partial charge in [-0.2, -0.15) is 0 Å². The molecule has 0 spiro atoms. The summed E-state index contributed by atoms with van der Waals surface area (Å²) >= 11 is 1.30. The minimum atomic E-state index is -0.348. The summed E-state index contributed by atoms with van der Waals surface area (Å²) in [7, 11) is 0. The maximum atomic E-state index is 13.4. The molecule has 1 aromatic heterocycles. The van der Waals surface area contributed by atoms with Gasteiger partial charge < -0.3 is 4.90 Å². The molecule has 0 saturated carbocycles. The Labute approximate surface area is 171 Å². The highest BCUT2D eigenvalue weighted by Crippen LogP contribution is 2.28. The first-order valence-electron chi connectivity index (χ1n) is 9.50. The number of nitrogens with zero attached hydrogens (tertiary/aromatic N) is 4. The maximum absolute atomic E-state index is 13.4. The van der Waals surface area contributed by atoms with Crippen LogP contribution in [0.25, 0.3) is 17.1 Å². The number of aromatic nitrogens is 3. The molecule has 1 saturated heterocycles. The third-order valence-corrected chi connectivity index (χ3v) is 5.77. The van der Waals surface area contributed by atoms with Crippen molar-refractivity contribution in [3.63, 3.8) is 0 Å². The molecule has 1 fully saturated rings. The molecule has 150 valence electrons. The Morgan fingerprint density at radius 1 is 0.897 bits per heavy atom. The number of benzene rings is 2. The molecule has 0 N–H and O–H groups in total. The Bertz CT molecular complexity index is 983. The number of thioether (sulfide) groups is 1. The van der Waals surface area contributed by atoms with Crippen molar-refractivity contribution in [2.75, 3.05) is 18.8 Å². The summed E-state index contributed by atoms with van der Waals surface area (Å²) in [6.45, 7) is 1.59. The second-order valence-electron chi connectivity index (χ2n) is 6.86. The van der Waals surface area contributed by atoms with Gasteiger partial charge in [0.15, 0.2) is 11.0 Å². The monoisotopic (exact) mass is 414 g/mol. The Morgan fingerprint density at radius 2 is 1.52 bits per heavy atom. The fourth-order valence-corrected chi connectivity index (χ4v) is 4.19. The largest absolute Gasteiger partial charge is 0.342 e. The third-order valence-electron chi connectivity index (χ3n) is 4.85. The lowest BCUT2D eigenvalue weighted by molar-refractivity contribution is -0.129. The summed E-state index contributed by atoms with van der Waals surface area (Å²) in [4.78, 5) is 14.4. The second kappa shape index (κ2) is 8.73. The minimum absolute atomic E-state index is 0.0756. The summed E-state index contributed by atoms with van der Waals surface area (Å²) < 4.78 is 28.5. The van der Waals surface area contributed by atoms with E-state index in [4.69, 9.17) is 0 Å². The van der Waals surface area contributed by atoms with Gasteiger partial charge in [-0.25, -0.2) is 8.78 Å². The average Bonchev–Trinajstić information content (AvgIpc) is 3.17. The van der Waals surface area contributed by atoms with E-state index in [-0.39, 0.29) is 23.3 Å². The van der Waals surface area contributed by atoms with E-state index in [0.29, 0.717) is 22.2 Å². The molecule has 0 bridgehead atoms. The quantitative estimate of drug-likeness (QED) is 0.584. The molecular formula is C21H20F2N4OS. The molecule has 2 heterocycles.